The topological polar surface area (TPSA) is 100 Å². The van der Waals surface area contributed by atoms with Crippen molar-refractivity contribution in [1.82, 2.24) is 20.8 Å². The van der Waals surface area contributed by atoms with Gasteiger partial charge in [-0.2, -0.15) is 4.98 Å². The van der Waals surface area contributed by atoms with Gasteiger partial charge in [-0.3, -0.25) is 0 Å². The third kappa shape index (κ3) is 4.80. The fourth-order valence-corrected chi connectivity index (χ4v) is 2.08. The molecule has 7 heteroatoms. The molecule has 0 saturated heterocycles. The minimum absolute atomic E-state index is 0.0484. The van der Waals surface area contributed by atoms with E-state index in [9.17, 15) is 4.79 Å². The highest BCUT2D eigenvalue weighted by Gasteiger charge is 2.26. The van der Waals surface area contributed by atoms with Crippen LogP contribution in [0.3, 0.4) is 0 Å². The van der Waals surface area contributed by atoms with Crippen LogP contribution in [0.5, 0.6) is 0 Å². The van der Waals surface area contributed by atoms with Crippen molar-refractivity contribution < 1.29 is 14.4 Å². The fourth-order valence-electron chi connectivity index (χ4n) is 2.08. The van der Waals surface area contributed by atoms with Crippen LogP contribution in [0.4, 0.5) is 4.79 Å². The molecule has 20 heavy (non-hydrogen) atoms. The molecule has 0 aliphatic rings. The number of rotatable bonds is 8. The van der Waals surface area contributed by atoms with Gasteiger partial charge in [0, 0.05) is 13.2 Å². The maximum Gasteiger partial charge on any atom is 0.315 e. The molecule has 114 valence electrons. The molecule has 0 aliphatic heterocycles. The summed E-state index contributed by atoms with van der Waals surface area (Å²) in [7, 11) is 0. The van der Waals surface area contributed by atoms with Crippen LogP contribution in [0.2, 0.25) is 0 Å². The second kappa shape index (κ2) is 7.84. The Labute approximate surface area is 119 Å². The molecule has 0 atom stereocenters. The zero-order valence-corrected chi connectivity index (χ0v) is 12.4. The van der Waals surface area contributed by atoms with E-state index in [1.54, 1.807) is 6.92 Å². The number of urea groups is 1. The van der Waals surface area contributed by atoms with E-state index in [1.807, 2.05) is 0 Å². The minimum Gasteiger partial charge on any atom is -0.396 e. The lowest BCUT2D eigenvalue weighted by Crippen LogP contribution is -2.42. The molecule has 2 amide bonds. The summed E-state index contributed by atoms with van der Waals surface area (Å²) < 4.78 is 4.90. The third-order valence-corrected chi connectivity index (χ3v) is 3.74. The zero-order valence-electron chi connectivity index (χ0n) is 12.4. The number of nitrogens with one attached hydrogen (secondary N) is 2. The zero-order chi connectivity index (χ0) is 15.0. The van der Waals surface area contributed by atoms with Gasteiger partial charge in [-0.1, -0.05) is 19.0 Å². The molecule has 3 N–H and O–H groups in total. The number of hydrogen-bond donors (Lipinski definition) is 3. The molecule has 0 radical (unpaired) electrons. The molecule has 0 unspecified atom stereocenters. The fraction of sp³-hybridized carbons (Fsp3) is 0.769. The number of hydrogen-bond acceptors (Lipinski definition) is 5. The summed E-state index contributed by atoms with van der Waals surface area (Å²) >= 11 is 0. The molecule has 0 bridgehead atoms. The maximum atomic E-state index is 11.7. The standard InChI is InChI=1S/C13H24N4O3/c1-4-13(5-2,6-7-18)9-15-12(19)14-8-11-16-10(3)17-20-11/h18H,4-9H2,1-3H3,(H2,14,15,19). The van der Waals surface area contributed by atoms with Crippen molar-refractivity contribution in [2.75, 3.05) is 13.2 Å². The van der Waals surface area contributed by atoms with Crippen LogP contribution in [0.1, 0.15) is 44.8 Å². The van der Waals surface area contributed by atoms with Crippen molar-refractivity contribution in [1.29, 1.82) is 0 Å². The van der Waals surface area contributed by atoms with Crippen molar-refractivity contribution >= 4 is 6.03 Å². The first-order chi connectivity index (χ1) is 9.55. The molecule has 0 spiro atoms. The molecule has 0 aromatic carbocycles. The van der Waals surface area contributed by atoms with Gasteiger partial charge in [0.2, 0.25) is 5.89 Å². The Morgan fingerprint density at radius 2 is 2.05 bits per heavy atom. The number of nitrogens with zero attached hydrogens (tertiary/aromatic N) is 2. The number of carbonyl (C=O) groups excluding carboxylic acids is 1. The second-order valence-electron chi connectivity index (χ2n) is 4.95. The van der Waals surface area contributed by atoms with Crippen molar-refractivity contribution in [3.8, 4) is 0 Å². The number of aryl methyl sites for hydroxylation is 1. The quantitative estimate of drug-likeness (QED) is 0.669. The van der Waals surface area contributed by atoms with E-state index in [4.69, 9.17) is 9.63 Å². The molecule has 0 saturated carbocycles. The number of carbonyl (C=O) groups is 1. The van der Waals surface area contributed by atoms with E-state index in [0.717, 1.165) is 12.8 Å². The monoisotopic (exact) mass is 284 g/mol. The molecule has 1 heterocycles. The van der Waals surface area contributed by atoms with E-state index in [0.29, 0.717) is 24.7 Å². The molecule has 1 aromatic rings. The van der Waals surface area contributed by atoms with E-state index in [2.05, 4.69) is 34.6 Å². The molecule has 7 nitrogen and oxygen atoms in total. The van der Waals surface area contributed by atoms with Crippen LogP contribution < -0.4 is 10.6 Å². The molecule has 0 aliphatic carbocycles. The average molecular weight is 284 g/mol. The van der Waals surface area contributed by atoms with Gasteiger partial charge in [0.25, 0.3) is 0 Å². The normalized spacial score (nSPS) is 11.4. The molecule has 1 rings (SSSR count). The van der Waals surface area contributed by atoms with E-state index >= 15 is 0 Å². The summed E-state index contributed by atoms with van der Waals surface area (Å²) in [5.74, 6) is 0.923. The van der Waals surface area contributed by atoms with Crippen LogP contribution in [0.25, 0.3) is 0 Å². The molecule has 1 aromatic heterocycles. The lowest BCUT2D eigenvalue weighted by atomic mass is 9.79. The van der Waals surface area contributed by atoms with Gasteiger partial charge < -0.3 is 20.3 Å². The van der Waals surface area contributed by atoms with Gasteiger partial charge in [0.05, 0.1) is 6.54 Å². The first-order valence-corrected chi connectivity index (χ1v) is 6.97. The SMILES string of the molecule is CCC(CC)(CCO)CNC(=O)NCc1nc(C)no1. The predicted molar refractivity (Wildman–Crippen MR) is 74.0 cm³/mol. The van der Waals surface area contributed by atoms with Crippen LogP contribution in [-0.4, -0.2) is 34.4 Å². The third-order valence-electron chi connectivity index (χ3n) is 3.74. The second-order valence-corrected chi connectivity index (χ2v) is 4.95. The average Bonchev–Trinajstić information content (AvgIpc) is 2.87. The van der Waals surface area contributed by atoms with Gasteiger partial charge in [-0.15, -0.1) is 0 Å². The van der Waals surface area contributed by atoms with E-state index < -0.39 is 0 Å². The van der Waals surface area contributed by atoms with Crippen molar-refractivity contribution in [3.63, 3.8) is 0 Å². The summed E-state index contributed by atoms with van der Waals surface area (Å²) in [5, 5.41) is 18.3. The number of aliphatic hydroxyl groups is 1. The largest absolute Gasteiger partial charge is 0.396 e. The van der Waals surface area contributed by atoms with Crippen LogP contribution in [0.15, 0.2) is 4.52 Å². The summed E-state index contributed by atoms with van der Waals surface area (Å²) in [6.45, 7) is 6.73. The number of amides is 2. The lowest BCUT2D eigenvalue weighted by molar-refractivity contribution is 0.163. The van der Waals surface area contributed by atoms with Crippen molar-refractivity contribution in [3.05, 3.63) is 11.7 Å². The highest BCUT2D eigenvalue weighted by atomic mass is 16.5. The molecular weight excluding hydrogens is 260 g/mol. The molecule has 0 fully saturated rings. The van der Waals surface area contributed by atoms with E-state index in [-0.39, 0.29) is 24.6 Å². The summed E-state index contributed by atoms with van der Waals surface area (Å²) in [5.41, 5.74) is -0.0484. The van der Waals surface area contributed by atoms with Gasteiger partial charge >= 0.3 is 6.03 Å². The predicted octanol–water partition coefficient (Wildman–Crippen LogP) is 1.37. The van der Waals surface area contributed by atoms with Gasteiger partial charge in [0.15, 0.2) is 5.82 Å². The van der Waals surface area contributed by atoms with Crippen LogP contribution in [-0.2, 0) is 6.54 Å². The Hall–Kier alpha value is -1.63. The van der Waals surface area contributed by atoms with Crippen LogP contribution >= 0.6 is 0 Å². The highest BCUT2D eigenvalue weighted by Crippen LogP contribution is 2.29. The highest BCUT2D eigenvalue weighted by molar-refractivity contribution is 5.73. The first-order valence-electron chi connectivity index (χ1n) is 6.97. The summed E-state index contributed by atoms with van der Waals surface area (Å²) in [6.07, 6.45) is 2.50. The van der Waals surface area contributed by atoms with Crippen LogP contribution in [0, 0.1) is 12.3 Å². The summed E-state index contributed by atoms with van der Waals surface area (Å²) in [6, 6.07) is -0.273. The lowest BCUT2D eigenvalue weighted by Gasteiger charge is -2.31. The van der Waals surface area contributed by atoms with Gasteiger partial charge in [0.1, 0.15) is 0 Å². The Morgan fingerprint density at radius 3 is 2.55 bits per heavy atom. The van der Waals surface area contributed by atoms with Crippen molar-refractivity contribution in [2.24, 2.45) is 5.41 Å². The van der Waals surface area contributed by atoms with Gasteiger partial charge in [-0.25, -0.2) is 4.79 Å². The molecular formula is C13H24N4O3. The summed E-state index contributed by atoms with van der Waals surface area (Å²) in [4.78, 5) is 15.7. The number of aromatic nitrogens is 2. The Kier molecular flexibility index (Phi) is 6.44. The smallest absolute Gasteiger partial charge is 0.315 e. The first kappa shape index (κ1) is 16.4. The Bertz CT molecular complexity index is 416. The number of aliphatic hydroxyl groups excluding tert-OH is 1. The van der Waals surface area contributed by atoms with Gasteiger partial charge in [-0.05, 0) is 31.6 Å². The Morgan fingerprint density at radius 1 is 1.35 bits per heavy atom. The maximum absolute atomic E-state index is 11.7. The Balaban J connectivity index is 2.37. The van der Waals surface area contributed by atoms with Crippen molar-refractivity contribution in [2.45, 2.75) is 46.6 Å². The van der Waals surface area contributed by atoms with E-state index in [1.165, 1.54) is 0 Å². The minimum atomic E-state index is -0.273.